The molecule has 2 fully saturated rings. The van der Waals surface area contributed by atoms with Crippen LogP contribution in [0.5, 0.6) is 0 Å². The molecule has 1 aromatic carbocycles. The minimum atomic E-state index is -3.84. The van der Waals surface area contributed by atoms with Crippen molar-refractivity contribution in [3.8, 4) is 0 Å². The summed E-state index contributed by atoms with van der Waals surface area (Å²) in [6.07, 6.45) is 5.12. The van der Waals surface area contributed by atoms with Crippen LogP contribution in [0.2, 0.25) is 0 Å². The molecule has 3 rings (SSSR count). The largest absolute Gasteiger partial charge is 0.354 e. The fraction of sp³-hybridized carbons (Fsp3) is 0.667. The lowest BCUT2D eigenvalue weighted by atomic mass is 9.84. The molecule has 0 spiro atoms. The van der Waals surface area contributed by atoms with Gasteiger partial charge in [-0.25, -0.2) is 8.42 Å². The molecule has 0 aromatic heterocycles. The Morgan fingerprint density at radius 1 is 1.06 bits per heavy atom. The highest BCUT2D eigenvalue weighted by Gasteiger charge is 2.53. The maximum atomic E-state index is 13.8. The Morgan fingerprint density at radius 3 is 2.39 bits per heavy atom. The first kappa shape index (κ1) is 23.8. The first-order valence-corrected chi connectivity index (χ1v) is 13.0. The Labute approximate surface area is 186 Å². The lowest BCUT2D eigenvalue weighted by Gasteiger charge is -2.34. The summed E-state index contributed by atoms with van der Waals surface area (Å²) in [7, 11) is -3.84. The number of nitrogens with one attached hydrogen (secondary N) is 2. The first-order chi connectivity index (χ1) is 14.6. The van der Waals surface area contributed by atoms with Crippen molar-refractivity contribution in [3.63, 3.8) is 0 Å². The zero-order chi connectivity index (χ0) is 22.8. The molecule has 172 valence electrons. The van der Waals surface area contributed by atoms with Crippen molar-refractivity contribution in [2.75, 3.05) is 0 Å². The smallest absolute Gasteiger partial charge is 0.242 e. The lowest BCUT2D eigenvalue weighted by molar-refractivity contribution is -0.128. The van der Waals surface area contributed by atoms with Crippen LogP contribution in [0.3, 0.4) is 0 Å². The Hall–Kier alpha value is -1.89. The molecule has 2 atom stereocenters. The van der Waals surface area contributed by atoms with Gasteiger partial charge >= 0.3 is 0 Å². The molecule has 2 aliphatic rings. The summed E-state index contributed by atoms with van der Waals surface area (Å²) in [6, 6.07) is 5.29. The number of hydrogen-bond donors (Lipinski definition) is 2. The molecule has 2 saturated carbocycles. The highest BCUT2D eigenvalue weighted by atomic mass is 32.2. The molecule has 0 saturated heterocycles. The van der Waals surface area contributed by atoms with Crippen LogP contribution in [0.1, 0.15) is 76.3 Å². The molecule has 0 radical (unpaired) electrons. The van der Waals surface area contributed by atoms with E-state index in [2.05, 4.69) is 10.6 Å². The van der Waals surface area contributed by atoms with Gasteiger partial charge in [-0.1, -0.05) is 31.4 Å². The van der Waals surface area contributed by atoms with E-state index in [0.717, 1.165) is 37.7 Å². The summed E-state index contributed by atoms with van der Waals surface area (Å²) in [5.41, 5.74) is 1.54. The number of carbonyl (C=O) groups excluding carboxylic acids is 2. The molecule has 1 aromatic rings. The molecule has 0 bridgehead atoms. The summed E-state index contributed by atoms with van der Waals surface area (Å²) in [6.45, 7) is 7.51. The van der Waals surface area contributed by atoms with Crippen molar-refractivity contribution in [2.24, 2.45) is 5.92 Å². The molecule has 7 heteroatoms. The van der Waals surface area contributed by atoms with Crippen molar-refractivity contribution in [1.82, 2.24) is 10.6 Å². The lowest BCUT2D eigenvalue weighted by Crippen LogP contribution is -2.54. The zero-order valence-electron chi connectivity index (χ0n) is 19.2. The first-order valence-electron chi connectivity index (χ1n) is 11.5. The van der Waals surface area contributed by atoms with Crippen LogP contribution in [-0.2, 0) is 19.4 Å². The van der Waals surface area contributed by atoms with Gasteiger partial charge in [-0.2, -0.15) is 0 Å². The molecule has 2 N–H and O–H groups in total. The van der Waals surface area contributed by atoms with Gasteiger partial charge in [0.2, 0.25) is 11.8 Å². The molecule has 6 nitrogen and oxygen atoms in total. The fourth-order valence-corrected chi connectivity index (χ4v) is 7.43. The number of benzene rings is 1. The second-order valence-corrected chi connectivity index (χ2v) is 11.9. The van der Waals surface area contributed by atoms with Crippen LogP contribution >= 0.6 is 0 Å². The number of amides is 2. The molecule has 31 heavy (non-hydrogen) atoms. The van der Waals surface area contributed by atoms with Crippen LogP contribution in [-0.4, -0.2) is 37.1 Å². The van der Waals surface area contributed by atoms with Crippen molar-refractivity contribution in [2.45, 2.75) is 101 Å². The SMILES string of the molecule is Cc1ccc(C)c(S(=O)(=O)C2(C(=O)NC3CCCC(C(=O)NC(C)C)C3)CCCC2)c1. The summed E-state index contributed by atoms with van der Waals surface area (Å²) in [4.78, 5) is 26.2. The van der Waals surface area contributed by atoms with Crippen LogP contribution < -0.4 is 10.6 Å². The molecular formula is C24H36N2O4S. The molecule has 2 aliphatic carbocycles. The van der Waals surface area contributed by atoms with Gasteiger partial charge in [-0.3, -0.25) is 9.59 Å². The minimum Gasteiger partial charge on any atom is -0.354 e. The highest BCUT2D eigenvalue weighted by molar-refractivity contribution is 7.93. The second-order valence-electron chi connectivity index (χ2n) is 9.67. The number of sulfone groups is 1. The molecule has 0 aliphatic heterocycles. The monoisotopic (exact) mass is 448 g/mol. The predicted molar refractivity (Wildman–Crippen MR) is 121 cm³/mol. The van der Waals surface area contributed by atoms with Gasteiger partial charge < -0.3 is 10.6 Å². The third-order valence-corrected chi connectivity index (χ3v) is 9.43. The van der Waals surface area contributed by atoms with Crippen molar-refractivity contribution in [1.29, 1.82) is 0 Å². The average Bonchev–Trinajstić information content (AvgIpc) is 3.21. The molecule has 2 unspecified atom stereocenters. The van der Waals surface area contributed by atoms with E-state index >= 15 is 0 Å². The van der Waals surface area contributed by atoms with E-state index in [1.165, 1.54) is 0 Å². The van der Waals surface area contributed by atoms with Gasteiger partial charge in [0, 0.05) is 18.0 Å². The van der Waals surface area contributed by atoms with Crippen LogP contribution in [0, 0.1) is 19.8 Å². The van der Waals surface area contributed by atoms with E-state index < -0.39 is 14.6 Å². The summed E-state index contributed by atoms with van der Waals surface area (Å²) >= 11 is 0. The van der Waals surface area contributed by atoms with E-state index in [1.54, 1.807) is 13.0 Å². The topological polar surface area (TPSA) is 92.3 Å². The molecule has 0 heterocycles. The normalized spacial score (nSPS) is 23.5. The standard InChI is InChI=1S/C24H36N2O4S/c1-16(2)25-22(27)19-8-7-9-20(15-19)26-23(28)24(12-5-6-13-24)31(29,30)21-14-17(3)10-11-18(21)4/h10-11,14,16,19-20H,5-9,12-13,15H2,1-4H3,(H,25,27)(H,26,28). The average molecular weight is 449 g/mol. The van der Waals surface area contributed by atoms with E-state index in [0.29, 0.717) is 24.8 Å². The Morgan fingerprint density at radius 2 is 1.74 bits per heavy atom. The summed E-state index contributed by atoms with van der Waals surface area (Å²) in [5, 5.41) is 6.01. The Kier molecular flexibility index (Phi) is 7.14. The van der Waals surface area contributed by atoms with Crippen LogP contribution in [0.4, 0.5) is 0 Å². The molecule has 2 amide bonds. The fourth-order valence-electron chi connectivity index (χ4n) is 5.05. The number of hydrogen-bond acceptors (Lipinski definition) is 4. The van der Waals surface area contributed by atoms with Gasteiger partial charge in [0.05, 0.1) is 4.90 Å². The van der Waals surface area contributed by atoms with Gasteiger partial charge in [0.15, 0.2) is 14.6 Å². The Bertz CT molecular complexity index is 933. The van der Waals surface area contributed by atoms with Crippen LogP contribution in [0.25, 0.3) is 0 Å². The minimum absolute atomic E-state index is 0.0209. The Balaban J connectivity index is 1.82. The van der Waals surface area contributed by atoms with Gasteiger partial charge in [0.1, 0.15) is 0 Å². The van der Waals surface area contributed by atoms with E-state index in [1.807, 2.05) is 32.9 Å². The van der Waals surface area contributed by atoms with Crippen LogP contribution in [0.15, 0.2) is 23.1 Å². The second kappa shape index (κ2) is 9.31. The highest BCUT2D eigenvalue weighted by Crippen LogP contribution is 2.42. The predicted octanol–water partition coefficient (Wildman–Crippen LogP) is 3.59. The van der Waals surface area contributed by atoms with E-state index in [9.17, 15) is 18.0 Å². The zero-order valence-corrected chi connectivity index (χ0v) is 20.0. The van der Waals surface area contributed by atoms with Gasteiger partial charge in [0.25, 0.3) is 0 Å². The summed E-state index contributed by atoms with van der Waals surface area (Å²) in [5.74, 6) is -0.509. The third-order valence-electron chi connectivity index (χ3n) is 6.78. The van der Waals surface area contributed by atoms with Crippen molar-refractivity contribution in [3.05, 3.63) is 29.3 Å². The van der Waals surface area contributed by atoms with Gasteiger partial charge in [-0.15, -0.1) is 0 Å². The number of rotatable bonds is 6. The van der Waals surface area contributed by atoms with Gasteiger partial charge in [-0.05, 0) is 77.0 Å². The summed E-state index contributed by atoms with van der Waals surface area (Å²) < 4.78 is 26.1. The quantitative estimate of drug-likeness (QED) is 0.696. The number of aryl methyl sites for hydroxylation is 2. The maximum absolute atomic E-state index is 13.8. The van der Waals surface area contributed by atoms with E-state index in [-0.39, 0.29) is 34.7 Å². The number of carbonyl (C=O) groups is 2. The maximum Gasteiger partial charge on any atom is 0.242 e. The van der Waals surface area contributed by atoms with Crippen molar-refractivity contribution >= 4 is 21.7 Å². The third kappa shape index (κ3) is 4.81. The van der Waals surface area contributed by atoms with Crippen molar-refractivity contribution < 1.29 is 18.0 Å². The van der Waals surface area contributed by atoms with E-state index in [4.69, 9.17) is 0 Å². The molecular weight excluding hydrogens is 412 g/mol.